The highest BCUT2D eigenvalue weighted by Gasteiger charge is 2.37. The molecule has 2 aliphatic rings. The molecule has 0 saturated carbocycles. The maximum atomic E-state index is 5.90. The number of hydrogen-bond acceptors (Lipinski definition) is 5. The van der Waals surface area contributed by atoms with Gasteiger partial charge in [0.25, 0.3) is 0 Å². The second-order valence-corrected chi connectivity index (χ2v) is 8.57. The lowest BCUT2D eigenvalue weighted by Crippen LogP contribution is -2.36. The van der Waals surface area contributed by atoms with Gasteiger partial charge in [0.2, 0.25) is 0 Å². The molecule has 0 radical (unpaired) electrons. The summed E-state index contributed by atoms with van der Waals surface area (Å²) in [5.41, 5.74) is 1.19. The molecule has 2 heterocycles. The molecular formula is C17H24O3S2. The predicted molar refractivity (Wildman–Crippen MR) is 93.3 cm³/mol. The number of rotatable bonds is 7. The molecule has 3 rings (SSSR count). The van der Waals surface area contributed by atoms with Crippen molar-refractivity contribution in [1.29, 1.82) is 0 Å². The molecule has 0 unspecified atom stereocenters. The standard InChI is InChI=1S/C17H24O3S2/c1-2-5-15(6-3-1)13-18-14-17(19-9-10-20-17)8-7-16-21-11-4-12-22-16/h1-3,5-6,16H,4,7-14H2. The van der Waals surface area contributed by atoms with Gasteiger partial charge in [-0.15, -0.1) is 23.5 Å². The minimum absolute atomic E-state index is 0.518. The topological polar surface area (TPSA) is 27.7 Å². The average molecular weight is 341 g/mol. The van der Waals surface area contributed by atoms with Gasteiger partial charge in [-0.1, -0.05) is 30.3 Å². The summed E-state index contributed by atoms with van der Waals surface area (Å²) in [5, 5.41) is 0. The van der Waals surface area contributed by atoms with E-state index >= 15 is 0 Å². The molecule has 3 nitrogen and oxygen atoms in total. The Morgan fingerprint density at radius 2 is 1.82 bits per heavy atom. The zero-order chi connectivity index (χ0) is 15.1. The van der Waals surface area contributed by atoms with E-state index in [9.17, 15) is 0 Å². The van der Waals surface area contributed by atoms with Crippen molar-refractivity contribution in [3.63, 3.8) is 0 Å². The van der Waals surface area contributed by atoms with Crippen LogP contribution >= 0.6 is 23.5 Å². The van der Waals surface area contributed by atoms with Gasteiger partial charge in [-0.25, -0.2) is 0 Å². The molecule has 0 aliphatic carbocycles. The van der Waals surface area contributed by atoms with E-state index in [0.717, 1.165) is 12.8 Å². The van der Waals surface area contributed by atoms with Crippen molar-refractivity contribution >= 4 is 23.5 Å². The summed E-state index contributed by atoms with van der Waals surface area (Å²) in [6, 6.07) is 10.3. The summed E-state index contributed by atoms with van der Waals surface area (Å²) in [4.78, 5) is 0. The van der Waals surface area contributed by atoms with Crippen LogP contribution in [0.25, 0.3) is 0 Å². The maximum absolute atomic E-state index is 5.90. The molecule has 1 aromatic rings. The second kappa shape index (κ2) is 8.60. The molecule has 0 N–H and O–H groups in total. The zero-order valence-corrected chi connectivity index (χ0v) is 14.5. The summed E-state index contributed by atoms with van der Waals surface area (Å²) in [7, 11) is 0. The third kappa shape index (κ3) is 4.90. The number of thioether (sulfide) groups is 2. The first-order valence-corrected chi connectivity index (χ1v) is 10.1. The molecule has 2 aliphatic heterocycles. The SMILES string of the molecule is c1ccc(COCC2(CCC3SCCCS3)OCCO2)cc1. The Kier molecular flexibility index (Phi) is 6.51. The Hall–Kier alpha value is -0.200. The van der Waals surface area contributed by atoms with Crippen molar-refractivity contribution in [3.8, 4) is 0 Å². The summed E-state index contributed by atoms with van der Waals surface area (Å²) in [5.74, 6) is 2.06. The molecule has 22 heavy (non-hydrogen) atoms. The molecule has 0 spiro atoms. The van der Waals surface area contributed by atoms with Gasteiger partial charge in [0.15, 0.2) is 5.79 Å². The van der Waals surface area contributed by atoms with Crippen LogP contribution in [0.5, 0.6) is 0 Å². The van der Waals surface area contributed by atoms with E-state index in [-0.39, 0.29) is 0 Å². The van der Waals surface area contributed by atoms with Crippen LogP contribution in [0.15, 0.2) is 30.3 Å². The molecule has 5 heteroatoms. The summed E-state index contributed by atoms with van der Waals surface area (Å²) in [6.45, 7) is 2.49. The number of hydrogen-bond donors (Lipinski definition) is 0. The highest BCUT2D eigenvalue weighted by Crippen LogP contribution is 2.37. The van der Waals surface area contributed by atoms with E-state index < -0.39 is 5.79 Å². The zero-order valence-electron chi connectivity index (χ0n) is 12.9. The molecule has 0 amide bonds. The molecule has 2 fully saturated rings. The fraction of sp³-hybridized carbons (Fsp3) is 0.647. The predicted octanol–water partition coefficient (Wildman–Crippen LogP) is 3.92. The lowest BCUT2D eigenvalue weighted by molar-refractivity contribution is -0.200. The molecule has 122 valence electrons. The van der Waals surface area contributed by atoms with Gasteiger partial charge in [0, 0.05) is 6.42 Å². The van der Waals surface area contributed by atoms with Crippen LogP contribution in [0.4, 0.5) is 0 Å². The maximum Gasteiger partial charge on any atom is 0.192 e. The van der Waals surface area contributed by atoms with Crippen LogP contribution in [-0.2, 0) is 20.8 Å². The third-order valence-electron chi connectivity index (χ3n) is 3.90. The lowest BCUT2D eigenvalue weighted by Gasteiger charge is -2.29. The highest BCUT2D eigenvalue weighted by atomic mass is 32.2. The number of ether oxygens (including phenoxy) is 3. The second-order valence-electron chi connectivity index (χ2n) is 5.65. The van der Waals surface area contributed by atoms with Gasteiger partial charge in [-0.2, -0.15) is 0 Å². The monoisotopic (exact) mass is 340 g/mol. The highest BCUT2D eigenvalue weighted by molar-refractivity contribution is 8.17. The van der Waals surface area contributed by atoms with Crippen LogP contribution in [-0.4, -0.2) is 41.7 Å². The van der Waals surface area contributed by atoms with E-state index in [4.69, 9.17) is 14.2 Å². The largest absolute Gasteiger partial charge is 0.371 e. The Bertz CT molecular complexity index is 429. The van der Waals surface area contributed by atoms with Crippen molar-refractivity contribution in [2.45, 2.75) is 36.2 Å². The quantitative estimate of drug-likeness (QED) is 0.750. The fourth-order valence-corrected chi connectivity index (χ4v) is 5.60. The van der Waals surface area contributed by atoms with E-state index in [1.165, 1.54) is 23.5 Å². The first kappa shape index (κ1) is 16.7. The number of benzene rings is 1. The fourth-order valence-electron chi connectivity index (χ4n) is 2.74. The lowest BCUT2D eigenvalue weighted by atomic mass is 10.1. The van der Waals surface area contributed by atoms with Gasteiger partial charge in [-0.3, -0.25) is 0 Å². The van der Waals surface area contributed by atoms with Gasteiger partial charge in [-0.05, 0) is 29.9 Å². The van der Waals surface area contributed by atoms with Crippen LogP contribution in [0.1, 0.15) is 24.8 Å². The van der Waals surface area contributed by atoms with Gasteiger partial charge in [0.05, 0.1) is 24.4 Å². The van der Waals surface area contributed by atoms with Crippen LogP contribution in [0, 0.1) is 0 Å². The van der Waals surface area contributed by atoms with Crippen LogP contribution < -0.4 is 0 Å². The van der Waals surface area contributed by atoms with Gasteiger partial charge < -0.3 is 14.2 Å². The van der Waals surface area contributed by atoms with Crippen molar-refractivity contribution in [2.75, 3.05) is 31.3 Å². The summed E-state index contributed by atoms with van der Waals surface area (Å²) in [6.07, 6.45) is 3.39. The first-order valence-electron chi connectivity index (χ1n) is 7.99. The van der Waals surface area contributed by atoms with Gasteiger partial charge >= 0.3 is 0 Å². The Morgan fingerprint density at radius 1 is 1.09 bits per heavy atom. The van der Waals surface area contributed by atoms with Crippen LogP contribution in [0.3, 0.4) is 0 Å². The Balaban J connectivity index is 1.46. The molecular weight excluding hydrogens is 316 g/mol. The molecule has 1 aromatic carbocycles. The molecule has 0 aromatic heterocycles. The molecule has 0 atom stereocenters. The van der Waals surface area contributed by atoms with Crippen molar-refractivity contribution in [2.24, 2.45) is 0 Å². The third-order valence-corrected chi connectivity index (χ3v) is 6.98. The van der Waals surface area contributed by atoms with Gasteiger partial charge in [0.1, 0.15) is 6.61 Å². The van der Waals surface area contributed by atoms with Crippen molar-refractivity contribution in [3.05, 3.63) is 35.9 Å². The van der Waals surface area contributed by atoms with E-state index in [1.807, 2.05) is 18.2 Å². The minimum Gasteiger partial charge on any atom is -0.371 e. The van der Waals surface area contributed by atoms with E-state index in [2.05, 4.69) is 35.7 Å². The molecule has 2 saturated heterocycles. The summed E-state index contributed by atoms with van der Waals surface area (Å²) >= 11 is 4.15. The first-order chi connectivity index (χ1) is 10.9. The minimum atomic E-state index is -0.520. The van der Waals surface area contributed by atoms with Crippen LogP contribution in [0.2, 0.25) is 0 Å². The summed E-state index contributed by atoms with van der Waals surface area (Å²) < 4.78 is 18.4. The molecule has 0 bridgehead atoms. The van der Waals surface area contributed by atoms with E-state index in [1.54, 1.807) is 0 Å². The van der Waals surface area contributed by atoms with E-state index in [0.29, 0.717) is 31.0 Å². The van der Waals surface area contributed by atoms with Crippen molar-refractivity contribution in [1.82, 2.24) is 0 Å². The Morgan fingerprint density at radius 3 is 2.55 bits per heavy atom. The smallest absolute Gasteiger partial charge is 0.192 e. The Labute approximate surface area is 141 Å². The average Bonchev–Trinajstić information content (AvgIpc) is 3.04. The van der Waals surface area contributed by atoms with Crippen molar-refractivity contribution < 1.29 is 14.2 Å². The normalized spacial score (nSPS) is 22.0.